The fourth-order valence-corrected chi connectivity index (χ4v) is 4.12. The Morgan fingerprint density at radius 2 is 1.53 bits per heavy atom. The highest BCUT2D eigenvalue weighted by Gasteiger charge is 2.34. The number of hydrogen-bond acceptors (Lipinski definition) is 4. The molecule has 1 fully saturated rings. The van der Waals surface area contributed by atoms with Gasteiger partial charge in [0, 0.05) is 5.56 Å². The Kier molecular flexibility index (Phi) is 5.72. The molecule has 0 bridgehead atoms. The Morgan fingerprint density at radius 3 is 2.20 bits per heavy atom. The van der Waals surface area contributed by atoms with E-state index in [0.29, 0.717) is 10.1 Å². The minimum atomic E-state index is -0.0966. The molecule has 5 heteroatoms. The van der Waals surface area contributed by atoms with Gasteiger partial charge in [0.05, 0.1) is 23.4 Å². The van der Waals surface area contributed by atoms with Crippen molar-refractivity contribution in [1.29, 1.82) is 0 Å². The topological polar surface area (TPSA) is 41.9 Å². The molecule has 0 unspecified atom stereocenters. The number of methoxy groups -OCH3 is 1. The van der Waals surface area contributed by atoms with Gasteiger partial charge in [0.1, 0.15) is 5.75 Å². The van der Waals surface area contributed by atoms with Gasteiger partial charge in [-0.1, -0.05) is 53.6 Å². The minimum Gasteiger partial charge on any atom is -0.496 e. The van der Waals surface area contributed by atoms with E-state index in [1.165, 1.54) is 17.3 Å². The van der Waals surface area contributed by atoms with Crippen LogP contribution in [0.2, 0.25) is 0 Å². The van der Waals surface area contributed by atoms with Crippen molar-refractivity contribution in [2.24, 2.45) is 4.99 Å². The quantitative estimate of drug-likeness (QED) is 0.483. The second kappa shape index (κ2) is 8.59. The minimum absolute atomic E-state index is 0.0966. The third kappa shape index (κ3) is 4.16. The number of carbonyl (C=O) groups excluding carboxylic acids is 1. The molecule has 150 valence electrons. The maximum absolute atomic E-state index is 13.4. The molecule has 30 heavy (non-hydrogen) atoms. The van der Waals surface area contributed by atoms with Crippen molar-refractivity contribution in [1.82, 2.24) is 0 Å². The first-order chi connectivity index (χ1) is 14.5. The molecule has 1 heterocycles. The molecule has 1 aliphatic heterocycles. The number of benzene rings is 3. The lowest BCUT2D eigenvalue weighted by Crippen LogP contribution is -2.28. The van der Waals surface area contributed by atoms with E-state index in [0.717, 1.165) is 28.3 Å². The highest BCUT2D eigenvalue weighted by atomic mass is 32.2. The van der Waals surface area contributed by atoms with Crippen molar-refractivity contribution in [3.8, 4) is 5.75 Å². The number of amidine groups is 1. The molecule has 0 atom stereocenters. The van der Waals surface area contributed by atoms with Gasteiger partial charge in [-0.2, -0.15) is 0 Å². The molecule has 4 rings (SSSR count). The average Bonchev–Trinajstić information content (AvgIpc) is 3.05. The largest absolute Gasteiger partial charge is 0.496 e. The third-order valence-electron chi connectivity index (χ3n) is 4.78. The van der Waals surface area contributed by atoms with E-state index in [1.807, 2.05) is 92.7 Å². The van der Waals surface area contributed by atoms with Gasteiger partial charge in [-0.25, -0.2) is 4.99 Å². The monoisotopic (exact) mass is 414 g/mol. The van der Waals surface area contributed by atoms with E-state index in [1.54, 1.807) is 12.0 Å². The van der Waals surface area contributed by atoms with Crippen LogP contribution in [0.4, 0.5) is 11.4 Å². The van der Waals surface area contributed by atoms with Crippen LogP contribution in [0, 0.1) is 13.8 Å². The zero-order chi connectivity index (χ0) is 21.1. The SMILES string of the molecule is COc1ccccc1C=C1SC(=Nc2ccc(C)cc2)N(c2ccc(C)cc2)C1=O. The van der Waals surface area contributed by atoms with Gasteiger partial charge >= 0.3 is 0 Å². The predicted molar refractivity (Wildman–Crippen MR) is 126 cm³/mol. The second-order valence-electron chi connectivity index (χ2n) is 7.06. The summed E-state index contributed by atoms with van der Waals surface area (Å²) in [6.07, 6.45) is 1.87. The van der Waals surface area contributed by atoms with Gasteiger partial charge in [-0.05, 0) is 62.0 Å². The molecule has 0 radical (unpaired) electrons. The van der Waals surface area contributed by atoms with E-state index in [-0.39, 0.29) is 5.91 Å². The number of thioether (sulfide) groups is 1. The number of anilines is 1. The summed E-state index contributed by atoms with van der Waals surface area (Å²) in [5.74, 6) is 0.629. The van der Waals surface area contributed by atoms with Gasteiger partial charge in [0.2, 0.25) is 0 Å². The molecule has 0 aliphatic carbocycles. The number of aryl methyl sites for hydroxylation is 2. The van der Waals surface area contributed by atoms with E-state index in [4.69, 9.17) is 9.73 Å². The summed E-state index contributed by atoms with van der Waals surface area (Å²) in [7, 11) is 1.63. The summed E-state index contributed by atoms with van der Waals surface area (Å²) in [6, 6.07) is 23.5. The Bertz CT molecular complexity index is 1130. The van der Waals surface area contributed by atoms with E-state index in [2.05, 4.69) is 0 Å². The number of amides is 1. The summed E-state index contributed by atoms with van der Waals surface area (Å²) in [5, 5.41) is 0.633. The smallest absolute Gasteiger partial charge is 0.271 e. The average molecular weight is 415 g/mol. The highest BCUT2D eigenvalue weighted by Crippen LogP contribution is 2.38. The van der Waals surface area contributed by atoms with Crippen molar-refractivity contribution in [2.75, 3.05) is 12.0 Å². The molecular weight excluding hydrogens is 392 g/mol. The number of hydrogen-bond donors (Lipinski definition) is 0. The normalized spacial score (nSPS) is 16.5. The Balaban J connectivity index is 1.78. The van der Waals surface area contributed by atoms with Crippen molar-refractivity contribution in [3.63, 3.8) is 0 Å². The molecule has 0 saturated carbocycles. The lowest BCUT2D eigenvalue weighted by Gasteiger charge is -2.16. The lowest BCUT2D eigenvalue weighted by atomic mass is 10.1. The maximum atomic E-state index is 13.4. The van der Waals surface area contributed by atoms with Crippen molar-refractivity contribution in [2.45, 2.75) is 13.8 Å². The summed E-state index contributed by atoms with van der Waals surface area (Å²) in [5.41, 5.74) is 4.77. The molecule has 0 N–H and O–H groups in total. The molecule has 3 aromatic carbocycles. The van der Waals surface area contributed by atoms with Gasteiger partial charge in [-0.3, -0.25) is 9.69 Å². The Labute approximate surface area is 180 Å². The van der Waals surface area contributed by atoms with E-state index < -0.39 is 0 Å². The Morgan fingerprint density at radius 1 is 0.900 bits per heavy atom. The highest BCUT2D eigenvalue weighted by molar-refractivity contribution is 8.19. The summed E-state index contributed by atoms with van der Waals surface area (Å²) in [6.45, 7) is 4.07. The van der Waals surface area contributed by atoms with Crippen LogP contribution in [-0.2, 0) is 4.79 Å². The van der Waals surface area contributed by atoms with Crippen molar-refractivity contribution in [3.05, 3.63) is 94.4 Å². The van der Waals surface area contributed by atoms with Gasteiger partial charge in [0.25, 0.3) is 5.91 Å². The summed E-state index contributed by atoms with van der Waals surface area (Å²) < 4.78 is 5.44. The zero-order valence-electron chi connectivity index (χ0n) is 17.1. The molecule has 4 nitrogen and oxygen atoms in total. The first kappa shape index (κ1) is 20.0. The number of nitrogens with zero attached hydrogens (tertiary/aromatic N) is 2. The molecule has 1 aliphatic rings. The number of aliphatic imine (C=N–C) groups is 1. The van der Waals surface area contributed by atoms with Crippen LogP contribution in [0.1, 0.15) is 16.7 Å². The predicted octanol–water partition coefficient (Wildman–Crippen LogP) is 6.12. The standard InChI is InChI=1S/C25H22N2O2S/c1-17-8-12-20(13-9-17)26-25-27(21-14-10-18(2)11-15-21)24(28)23(30-25)16-19-6-4-5-7-22(19)29-3/h4-16H,1-3H3. The third-order valence-corrected chi connectivity index (χ3v) is 5.75. The van der Waals surface area contributed by atoms with Crippen LogP contribution in [0.3, 0.4) is 0 Å². The van der Waals surface area contributed by atoms with Crippen LogP contribution in [0.5, 0.6) is 5.75 Å². The molecule has 0 spiro atoms. The number of rotatable bonds is 4. The molecule has 0 aromatic heterocycles. The van der Waals surface area contributed by atoms with Crippen molar-refractivity contribution >= 4 is 40.3 Å². The molecule has 3 aromatic rings. The lowest BCUT2D eigenvalue weighted by molar-refractivity contribution is -0.113. The zero-order valence-corrected chi connectivity index (χ0v) is 17.9. The van der Waals surface area contributed by atoms with Crippen LogP contribution in [-0.4, -0.2) is 18.2 Å². The van der Waals surface area contributed by atoms with Gasteiger partial charge < -0.3 is 4.74 Å². The molecule has 1 amide bonds. The van der Waals surface area contributed by atoms with Gasteiger partial charge in [-0.15, -0.1) is 0 Å². The van der Waals surface area contributed by atoms with Crippen LogP contribution >= 0.6 is 11.8 Å². The van der Waals surface area contributed by atoms with Crippen LogP contribution < -0.4 is 9.64 Å². The Hall–Kier alpha value is -3.31. The second-order valence-corrected chi connectivity index (χ2v) is 8.07. The first-order valence-electron chi connectivity index (χ1n) is 9.64. The van der Waals surface area contributed by atoms with Crippen LogP contribution in [0.25, 0.3) is 6.08 Å². The fourth-order valence-electron chi connectivity index (χ4n) is 3.13. The van der Waals surface area contributed by atoms with E-state index >= 15 is 0 Å². The molecular formula is C25H22N2O2S. The summed E-state index contributed by atoms with van der Waals surface area (Å²) in [4.78, 5) is 20.4. The molecule has 1 saturated heterocycles. The summed E-state index contributed by atoms with van der Waals surface area (Å²) >= 11 is 1.37. The number of ether oxygens (including phenoxy) is 1. The van der Waals surface area contributed by atoms with Gasteiger partial charge in [0.15, 0.2) is 5.17 Å². The number of para-hydroxylation sites is 1. The number of carbonyl (C=O) groups is 1. The fraction of sp³-hybridized carbons (Fsp3) is 0.120. The van der Waals surface area contributed by atoms with Crippen LogP contribution in [0.15, 0.2) is 82.7 Å². The van der Waals surface area contributed by atoms with Crippen molar-refractivity contribution < 1.29 is 9.53 Å². The van der Waals surface area contributed by atoms with E-state index in [9.17, 15) is 4.79 Å². The maximum Gasteiger partial charge on any atom is 0.271 e. The first-order valence-corrected chi connectivity index (χ1v) is 10.5.